The molecule has 208 valence electrons. The number of aryl methyl sites for hydroxylation is 1. The number of alkyl halides is 3. The number of halogens is 3. The van der Waals surface area contributed by atoms with Crippen LogP contribution in [0.2, 0.25) is 0 Å². The molecule has 3 aromatic rings. The van der Waals surface area contributed by atoms with E-state index in [1.165, 1.54) is 6.07 Å². The molecule has 39 heavy (non-hydrogen) atoms. The van der Waals surface area contributed by atoms with Crippen LogP contribution in [-0.2, 0) is 15.7 Å². The van der Waals surface area contributed by atoms with E-state index in [1.807, 2.05) is 0 Å². The normalized spacial score (nSPS) is 18.8. The van der Waals surface area contributed by atoms with Gasteiger partial charge in [0.15, 0.2) is 0 Å². The first kappa shape index (κ1) is 26.9. The Kier molecular flexibility index (Phi) is 7.50. The predicted molar refractivity (Wildman–Crippen MR) is 139 cm³/mol. The lowest BCUT2D eigenvalue weighted by Gasteiger charge is -2.28. The van der Waals surface area contributed by atoms with E-state index in [4.69, 9.17) is 19.9 Å². The number of nitrogens with two attached hydrogens (primary N) is 1. The summed E-state index contributed by atoms with van der Waals surface area (Å²) < 4.78 is 57.3. The molecule has 0 saturated carbocycles. The van der Waals surface area contributed by atoms with Crippen LogP contribution in [0.4, 0.5) is 24.7 Å². The maximum atomic E-state index is 13.5. The number of benzene rings is 2. The van der Waals surface area contributed by atoms with Gasteiger partial charge in [-0.15, -0.1) is 0 Å². The molecule has 0 aliphatic carbocycles. The number of hydrogen-bond acceptors (Lipinski definition) is 8. The van der Waals surface area contributed by atoms with Crippen LogP contribution in [0.15, 0.2) is 30.3 Å². The van der Waals surface area contributed by atoms with Crippen LogP contribution in [-0.4, -0.2) is 66.4 Å². The molecule has 2 aromatic carbocycles. The van der Waals surface area contributed by atoms with Gasteiger partial charge in [-0.3, -0.25) is 4.79 Å². The van der Waals surface area contributed by atoms with E-state index in [9.17, 15) is 18.0 Å². The number of carbonyl (C=O) groups is 1. The van der Waals surface area contributed by atoms with Crippen molar-refractivity contribution in [2.24, 2.45) is 0 Å². The quantitative estimate of drug-likeness (QED) is 0.440. The minimum atomic E-state index is -4.53. The van der Waals surface area contributed by atoms with Crippen LogP contribution in [0.5, 0.6) is 5.75 Å². The van der Waals surface area contributed by atoms with Gasteiger partial charge in [-0.2, -0.15) is 13.2 Å². The van der Waals surface area contributed by atoms with Crippen molar-refractivity contribution in [1.82, 2.24) is 14.9 Å². The highest BCUT2D eigenvalue weighted by Crippen LogP contribution is 2.35. The number of anilines is 2. The van der Waals surface area contributed by atoms with Crippen LogP contribution in [0.1, 0.15) is 46.7 Å². The monoisotopic (exact) mass is 545 g/mol. The van der Waals surface area contributed by atoms with Gasteiger partial charge in [-0.05, 0) is 49.7 Å². The topological polar surface area (TPSA) is 112 Å². The first-order valence-corrected chi connectivity index (χ1v) is 12.8. The number of carbonyl (C=O) groups excluding carboxylic acids is 1. The number of nitrogens with one attached hydrogen (secondary N) is 1. The predicted octanol–water partition coefficient (Wildman–Crippen LogP) is 4.35. The Labute approximate surface area is 223 Å². The molecule has 2 atom stereocenters. The second-order valence-electron chi connectivity index (χ2n) is 9.75. The summed E-state index contributed by atoms with van der Waals surface area (Å²) in [4.78, 5) is 24.3. The van der Waals surface area contributed by atoms with E-state index in [1.54, 1.807) is 30.9 Å². The van der Waals surface area contributed by atoms with Crippen molar-refractivity contribution in [3.05, 3.63) is 52.8 Å². The lowest BCUT2D eigenvalue weighted by molar-refractivity contribution is -0.137. The van der Waals surface area contributed by atoms with E-state index in [0.717, 1.165) is 12.1 Å². The Morgan fingerprint density at radius 3 is 2.59 bits per heavy atom. The molecule has 1 amide bonds. The number of ether oxygens (including phenoxy) is 3. The SMILES string of the molecule is Cc1nc(N[C@H](C)c2cc(N)cc(C(F)(F)F)c2)c2cc(O[C@H]3CCOC3)c(C(=O)N3CCOCC3)cc2n1. The van der Waals surface area contributed by atoms with E-state index < -0.39 is 17.8 Å². The maximum absolute atomic E-state index is 13.5. The number of nitrogens with zero attached hydrogens (tertiary/aromatic N) is 3. The molecule has 5 rings (SSSR count). The lowest BCUT2D eigenvalue weighted by atomic mass is 10.0. The van der Waals surface area contributed by atoms with Gasteiger partial charge in [0.05, 0.1) is 49.1 Å². The van der Waals surface area contributed by atoms with Gasteiger partial charge >= 0.3 is 6.18 Å². The zero-order chi connectivity index (χ0) is 27.7. The van der Waals surface area contributed by atoms with Crippen molar-refractivity contribution < 1.29 is 32.2 Å². The standard InChI is InChI=1S/C27H30F3N5O4/c1-15(17-9-18(27(28,29)30)11-19(31)10-17)32-25-21-13-24(39-20-3-6-38-14-20)22(12-23(21)33-16(2)34-25)26(36)35-4-7-37-8-5-35/h9-13,15,20H,3-8,14,31H2,1-2H3,(H,32,33,34)/t15-,20+/m1/s1. The van der Waals surface area contributed by atoms with Crippen LogP contribution >= 0.6 is 0 Å². The Balaban J connectivity index is 1.54. The minimum absolute atomic E-state index is 0.0120. The lowest BCUT2D eigenvalue weighted by Crippen LogP contribution is -2.41. The Hall–Kier alpha value is -3.64. The highest BCUT2D eigenvalue weighted by atomic mass is 19.4. The molecule has 2 fully saturated rings. The second-order valence-corrected chi connectivity index (χ2v) is 9.75. The van der Waals surface area contributed by atoms with Gasteiger partial charge in [-0.1, -0.05) is 0 Å². The maximum Gasteiger partial charge on any atom is 0.416 e. The molecule has 9 nitrogen and oxygen atoms in total. The fraction of sp³-hybridized carbons (Fsp3) is 0.444. The molecule has 2 aliphatic rings. The summed E-state index contributed by atoms with van der Waals surface area (Å²) in [6.07, 6.45) is -4.05. The van der Waals surface area contributed by atoms with Crippen molar-refractivity contribution in [3.8, 4) is 5.75 Å². The zero-order valence-corrected chi connectivity index (χ0v) is 21.7. The van der Waals surface area contributed by atoms with E-state index in [2.05, 4.69) is 15.3 Å². The second kappa shape index (κ2) is 10.9. The summed E-state index contributed by atoms with van der Waals surface area (Å²) in [6.45, 7) is 6.26. The molecule has 0 radical (unpaired) electrons. The average Bonchev–Trinajstić information content (AvgIpc) is 3.41. The number of rotatable bonds is 6. The number of fused-ring (bicyclic) bond motifs is 1. The molecule has 3 heterocycles. The van der Waals surface area contributed by atoms with Crippen LogP contribution in [0, 0.1) is 6.92 Å². The minimum Gasteiger partial charge on any atom is -0.487 e. The van der Waals surface area contributed by atoms with Crippen LogP contribution < -0.4 is 15.8 Å². The molecule has 1 aromatic heterocycles. The van der Waals surface area contributed by atoms with Crippen molar-refractivity contribution in [1.29, 1.82) is 0 Å². The van der Waals surface area contributed by atoms with Gasteiger partial charge in [0.25, 0.3) is 5.91 Å². The van der Waals surface area contributed by atoms with Crippen molar-refractivity contribution in [2.45, 2.75) is 38.6 Å². The van der Waals surface area contributed by atoms with Crippen molar-refractivity contribution >= 4 is 28.3 Å². The highest BCUT2D eigenvalue weighted by molar-refractivity contribution is 6.03. The van der Waals surface area contributed by atoms with E-state index in [0.29, 0.717) is 85.4 Å². The summed E-state index contributed by atoms with van der Waals surface area (Å²) in [6, 6.07) is 6.30. The number of amides is 1. The zero-order valence-electron chi connectivity index (χ0n) is 21.7. The Bertz CT molecular complexity index is 1370. The summed E-state index contributed by atoms with van der Waals surface area (Å²) in [5, 5.41) is 3.78. The molecule has 0 unspecified atom stereocenters. The number of nitrogen functional groups attached to an aromatic ring is 1. The summed E-state index contributed by atoms with van der Waals surface area (Å²) >= 11 is 0. The molecule has 12 heteroatoms. The van der Waals surface area contributed by atoms with Crippen molar-refractivity contribution in [2.75, 3.05) is 50.6 Å². The molecule has 2 aliphatic heterocycles. The van der Waals surface area contributed by atoms with Gasteiger partial charge in [-0.25, -0.2) is 9.97 Å². The molecular formula is C27H30F3N5O4. The molecule has 0 spiro atoms. The third kappa shape index (κ3) is 6.01. The fourth-order valence-corrected chi connectivity index (χ4v) is 4.75. The average molecular weight is 546 g/mol. The Morgan fingerprint density at radius 2 is 1.90 bits per heavy atom. The van der Waals surface area contributed by atoms with Crippen LogP contribution in [0.25, 0.3) is 10.9 Å². The third-order valence-electron chi connectivity index (χ3n) is 6.78. The molecule has 2 saturated heterocycles. The molecular weight excluding hydrogens is 515 g/mol. The van der Waals surface area contributed by atoms with Crippen LogP contribution in [0.3, 0.4) is 0 Å². The molecule has 3 N–H and O–H groups in total. The van der Waals surface area contributed by atoms with Gasteiger partial charge in [0, 0.05) is 30.6 Å². The largest absolute Gasteiger partial charge is 0.487 e. The van der Waals surface area contributed by atoms with E-state index in [-0.39, 0.29) is 17.7 Å². The fourth-order valence-electron chi connectivity index (χ4n) is 4.75. The number of hydrogen-bond donors (Lipinski definition) is 2. The van der Waals surface area contributed by atoms with Gasteiger partial charge < -0.3 is 30.2 Å². The highest BCUT2D eigenvalue weighted by Gasteiger charge is 2.32. The summed E-state index contributed by atoms with van der Waals surface area (Å²) in [7, 11) is 0. The molecule has 0 bridgehead atoms. The third-order valence-corrected chi connectivity index (χ3v) is 6.78. The first-order valence-electron chi connectivity index (χ1n) is 12.8. The number of aromatic nitrogens is 2. The smallest absolute Gasteiger partial charge is 0.416 e. The van der Waals surface area contributed by atoms with Gasteiger partial charge in [0.1, 0.15) is 23.5 Å². The van der Waals surface area contributed by atoms with E-state index >= 15 is 0 Å². The number of morpholine rings is 1. The van der Waals surface area contributed by atoms with Gasteiger partial charge in [0.2, 0.25) is 0 Å². The summed E-state index contributed by atoms with van der Waals surface area (Å²) in [5.41, 5.74) is 6.20. The summed E-state index contributed by atoms with van der Waals surface area (Å²) in [5.74, 6) is 1.02. The first-order chi connectivity index (χ1) is 18.6. The Morgan fingerprint density at radius 1 is 1.13 bits per heavy atom. The van der Waals surface area contributed by atoms with Crippen molar-refractivity contribution in [3.63, 3.8) is 0 Å².